The predicted molar refractivity (Wildman–Crippen MR) is 178 cm³/mol. The zero-order valence-electron chi connectivity index (χ0n) is 26.6. The third kappa shape index (κ3) is 7.29. The summed E-state index contributed by atoms with van der Waals surface area (Å²) in [5.41, 5.74) is 1.01. The minimum absolute atomic E-state index is 0.0252. The molecule has 1 unspecified atom stereocenters. The lowest BCUT2D eigenvalue weighted by Crippen LogP contribution is -2.50. The van der Waals surface area contributed by atoms with E-state index in [2.05, 4.69) is 4.90 Å². The number of carbonyl (C=O) groups is 1. The molecule has 0 saturated carbocycles. The molecule has 2 saturated heterocycles. The topological polar surface area (TPSA) is 88.6 Å². The Morgan fingerprint density at radius 2 is 1.77 bits per heavy atom. The van der Waals surface area contributed by atoms with E-state index in [0.717, 1.165) is 25.2 Å². The number of anilines is 1. The molecule has 0 aliphatic carbocycles. The quantitative estimate of drug-likeness (QED) is 0.268. The van der Waals surface area contributed by atoms with Crippen LogP contribution in [-0.4, -0.2) is 89.3 Å². The molecule has 3 aliphatic rings. The van der Waals surface area contributed by atoms with E-state index in [4.69, 9.17) is 25.8 Å². The summed E-state index contributed by atoms with van der Waals surface area (Å²) in [7, 11) is -4.11. The van der Waals surface area contributed by atoms with Crippen LogP contribution >= 0.6 is 11.6 Å². The number of rotatable bonds is 11. The zero-order valence-corrected chi connectivity index (χ0v) is 28.1. The minimum Gasteiger partial charge on any atom is -0.489 e. The molecule has 1 amide bonds. The molecule has 0 spiro atoms. The predicted octanol–water partition coefficient (Wildman–Crippen LogP) is 5.39. The van der Waals surface area contributed by atoms with E-state index in [-0.39, 0.29) is 41.5 Å². The number of ether oxygens (including phenoxy) is 3. The maximum absolute atomic E-state index is 14.3. The Balaban J connectivity index is 1.10. The van der Waals surface area contributed by atoms with Crippen molar-refractivity contribution in [1.82, 2.24) is 9.80 Å². The SMILES string of the molecule is Cc1cccc(Cl)c1S(=O)(=O)N1c2ccccc2OCC1COCC(=O)N1CCC(OCCN2CCCC2)(c2cccc(F)c2)CC1. The maximum atomic E-state index is 14.3. The lowest BCUT2D eigenvalue weighted by Gasteiger charge is -2.42. The highest BCUT2D eigenvalue weighted by molar-refractivity contribution is 7.93. The molecule has 0 radical (unpaired) electrons. The van der Waals surface area contributed by atoms with Crippen molar-refractivity contribution in [2.24, 2.45) is 0 Å². The molecule has 0 N–H and O–H groups in total. The monoisotopic (exact) mass is 685 g/mol. The lowest BCUT2D eigenvalue weighted by molar-refractivity contribution is -0.144. The van der Waals surface area contributed by atoms with Crippen LogP contribution in [0.15, 0.2) is 71.6 Å². The van der Waals surface area contributed by atoms with Crippen LogP contribution in [-0.2, 0) is 29.9 Å². The highest BCUT2D eigenvalue weighted by Crippen LogP contribution is 2.40. The van der Waals surface area contributed by atoms with E-state index in [1.54, 1.807) is 60.4 Å². The second-order valence-electron chi connectivity index (χ2n) is 12.4. The third-order valence-electron chi connectivity index (χ3n) is 9.34. The number of likely N-dealkylation sites (tertiary alicyclic amines) is 2. The summed E-state index contributed by atoms with van der Waals surface area (Å²) in [6, 6.07) is 17.7. The van der Waals surface area contributed by atoms with Crippen molar-refractivity contribution in [3.8, 4) is 5.75 Å². The molecular formula is C35H41ClFN3O6S. The van der Waals surface area contributed by atoms with Crippen molar-refractivity contribution in [2.45, 2.75) is 49.1 Å². The Morgan fingerprint density at radius 1 is 1.02 bits per heavy atom. The van der Waals surface area contributed by atoms with Gasteiger partial charge in [0.25, 0.3) is 10.0 Å². The average molecular weight is 686 g/mol. The highest BCUT2D eigenvalue weighted by atomic mass is 35.5. The van der Waals surface area contributed by atoms with Crippen LogP contribution in [0.3, 0.4) is 0 Å². The van der Waals surface area contributed by atoms with Gasteiger partial charge in [0.05, 0.1) is 29.5 Å². The fourth-order valence-electron chi connectivity index (χ4n) is 6.85. The number of benzene rings is 3. The fourth-order valence-corrected chi connectivity index (χ4v) is 9.27. The van der Waals surface area contributed by atoms with E-state index in [1.807, 2.05) is 6.07 Å². The van der Waals surface area contributed by atoms with Gasteiger partial charge in [0.15, 0.2) is 0 Å². The van der Waals surface area contributed by atoms with Crippen molar-refractivity contribution in [3.05, 3.63) is 88.7 Å². The van der Waals surface area contributed by atoms with Crippen LogP contribution in [0.25, 0.3) is 0 Å². The molecule has 47 heavy (non-hydrogen) atoms. The third-order valence-corrected chi connectivity index (χ3v) is 11.8. The van der Waals surface area contributed by atoms with Gasteiger partial charge < -0.3 is 24.0 Å². The number of para-hydroxylation sites is 2. The van der Waals surface area contributed by atoms with E-state index in [0.29, 0.717) is 49.5 Å². The van der Waals surface area contributed by atoms with E-state index in [1.165, 1.54) is 29.3 Å². The van der Waals surface area contributed by atoms with E-state index < -0.39 is 21.7 Å². The molecule has 3 heterocycles. The number of sulfonamides is 1. The molecule has 6 rings (SSSR count). The van der Waals surface area contributed by atoms with Gasteiger partial charge in [-0.15, -0.1) is 0 Å². The molecule has 12 heteroatoms. The van der Waals surface area contributed by atoms with Crippen molar-refractivity contribution in [3.63, 3.8) is 0 Å². The second-order valence-corrected chi connectivity index (χ2v) is 14.6. The first-order chi connectivity index (χ1) is 22.7. The number of hydrogen-bond donors (Lipinski definition) is 0. The summed E-state index contributed by atoms with van der Waals surface area (Å²) in [6.07, 6.45) is 3.45. The van der Waals surface area contributed by atoms with E-state index in [9.17, 15) is 17.6 Å². The summed E-state index contributed by atoms with van der Waals surface area (Å²) in [6.45, 7) is 5.81. The van der Waals surface area contributed by atoms with Crippen molar-refractivity contribution in [1.29, 1.82) is 0 Å². The Hall–Kier alpha value is -3.22. The fraction of sp³-hybridized carbons (Fsp3) is 0.457. The number of carbonyl (C=O) groups excluding carboxylic acids is 1. The van der Waals surface area contributed by atoms with Crippen LogP contribution in [0.2, 0.25) is 5.02 Å². The number of halogens is 2. The number of amides is 1. The summed E-state index contributed by atoms with van der Waals surface area (Å²) in [5, 5.41) is 0.128. The molecule has 3 aliphatic heterocycles. The Labute approximate surface area is 281 Å². The van der Waals surface area contributed by atoms with Crippen molar-refractivity contribution >= 4 is 33.2 Å². The lowest BCUT2D eigenvalue weighted by atomic mass is 9.84. The number of aryl methyl sites for hydroxylation is 1. The van der Waals surface area contributed by atoms with Crippen LogP contribution in [0.5, 0.6) is 5.75 Å². The van der Waals surface area contributed by atoms with Gasteiger partial charge in [-0.3, -0.25) is 9.10 Å². The van der Waals surface area contributed by atoms with Gasteiger partial charge in [-0.1, -0.05) is 48.0 Å². The molecule has 2 fully saturated rings. The first kappa shape index (κ1) is 33.7. The van der Waals surface area contributed by atoms with Gasteiger partial charge in [-0.05, 0) is 87.2 Å². The van der Waals surface area contributed by atoms with E-state index >= 15 is 0 Å². The summed E-state index contributed by atoms with van der Waals surface area (Å²) >= 11 is 6.42. The Kier molecular flexibility index (Phi) is 10.4. The molecule has 9 nitrogen and oxygen atoms in total. The van der Waals surface area contributed by atoms with Gasteiger partial charge in [-0.25, -0.2) is 12.8 Å². The Morgan fingerprint density at radius 3 is 2.51 bits per heavy atom. The van der Waals surface area contributed by atoms with Gasteiger partial charge in [-0.2, -0.15) is 0 Å². The Bertz CT molecular complexity index is 1660. The molecule has 1 atom stereocenters. The normalized spacial score (nSPS) is 19.8. The average Bonchev–Trinajstić information content (AvgIpc) is 3.58. The first-order valence-corrected chi connectivity index (χ1v) is 18.0. The molecular weight excluding hydrogens is 645 g/mol. The molecule has 0 aromatic heterocycles. The van der Waals surface area contributed by atoms with Crippen LogP contribution in [0, 0.1) is 12.7 Å². The number of piperidine rings is 1. The summed E-state index contributed by atoms with van der Waals surface area (Å²) < 4.78 is 62.1. The van der Waals surface area contributed by atoms with Crippen molar-refractivity contribution in [2.75, 3.05) is 63.5 Å². The number of hydrogen-bond acceptors (Lipinski definition) is 7. The smallest absolute Gasteiger partial charge is 0.266 e. The summed E-state index contributed by atoms with van der Waals surface area (Å²) in [5.74, 6) is -0.0822. The van der Waals surface area contributed by atoms with Gasteiger partial charge in [0.2, 0.25) is 5.91 Å². The minimum atomic E-state index is -4.11. The van der Waals surface area contributed by atoms with Gasteiger partial charge >= 0.3 is 0 Å². The highest BCUT2D eigenvalue weighted by Gasteiger charge is 2.41. The van der Waals surface area contributed by atoms with Gasteiger partial charge in [0.1, 0.15) is 35.7 Å². The number of fused-ring (bicyclic) bond motifs is 1. The largest absolute Gasteiger partial charge is 0.489 e. The standard InChI is InChI=1S/C35H41ClFN3O6S/c1-26-8-6-11-30(36)34(26)47(42,43)40-29(24-45-32-13-3-2-12-31(32)40)23-44-25-33(41)39-18-14-35(15-19-39,27-9-7-10-28(37)22-27)46-21-20-38-16-4-5-17-38/h2-3,6-13,22,29H,4-5,14-21,23-25H2,1H3. The summed E-state index contributed by atoms with van der Waals surface area (Å²) in [4.78, 5) is 17.5. The van der Waals surface area contributed by atoms with Crippen LogP contribution in [0.4, 0.5) is 10.1 Å². The van der Waals surface area contributed by atoms with Crippen LogP contribution < -0.4 is 9.04 Å². The first-order valence-electron chi connectivity index (χ1n) is 16.2. The maximum Gasteiger partial charge on any atom is 0.266 e. The molecule has 3 aromatic carbocycles. The van der Waals surface area contributed by atoms with Crippen molar-refractivity contribution < 1.29 is 31.8 Å². The molecule has 0 bridgehead atoms. The zero-order chi connectivity index (χ0) is 33.0. The molecule has 252 valence electrons. The second kappa shape index (κ2) is 14.5. The number of nitrogens with zero attached hydrogens (tertiary/aromatic N) is 3. The molecule has 3 aromatic rings. The van der Waals surface area contributed by atoms with Gasteiger partial charge in [0, 0.05) is 19.6 Å². The van der Waals surface area contributed by atoms with Crippen LogP contribution in [0.1, 0.15) is 36.8 Å².